The van der Waals surface area contributed by atoms with E-state index >= 15 is 0 Å². The number of hydrogen-bond acceptors (Lipinski definition) is 7. The lowest BCUT2D eigenvalue weighted by atomic mass is 9.99. The van der Waals surface area contributed by atoms with Gasteiger partial charge in [-0.15, -0.1) is 0 Å². The Kier molecular flexibility index (Phi) is 6.99. The van der Waals surface area contributed by atoms with Gasteiger partial charge in [-0.1, -0.05) is 6.07 Å². The van der Waals surface area contributed by atoms with Crippen molar-refractivity contribution >= 4 is 38.9 Å². The number of aromatic nitrogens is 1. The maximum absolute atomic E-state index is 11.5. The fraction of sp³-hybridized carbons (Fsp3) is 0.333. The average molecular weight is 499 g/mol. The van der Waals surface area contributed by atoms with E-state index in [-0.39, 0.29) is 16.6 Å². The highest BCUT2D eigenvalue weighted by molar-refractivity contribution is 7.85. The van der Waals surface area contributed by atoms with Crippen LogP contribution in [0, 0.1) is 17.0 Å². The maximum Gasteiger partial charge on any atom is 0.294 e. The number of rotatable bonds is 8. The molecule has 11 heteroatoms. The number of fused-ring (bicyclic) bond motifs is 1. The number of piperazine rings is 1. The summed E-state index contributed by atoms with van der Waals surface area (Å²) in [5, 5.41) is 11.7. The molecule has 35 heavy (non-hydrogen) atoms. The SMILES string of the molecule is Cc1ccc(S(=O)(=O)O)cc1CCCC1CN(C=O)CCN1c1ccc2cc([N+](=O)[O-])ccc2n1. The van der Waals surface area contributed by atoms with Gasteiger partial charge in [0.15, 0.2) is 0 Å². The van der Waals surface area contributed by atoms with Gasteiger partial charge in [0, 0.05) is 43.2 Å². The summed E-state index contributed by atoms with van der Waals surface area (Å²) < 4.78 is 32.4. The van der Waals surface area contributed by atoms with Crippen LogP contribution in [-0.2, 0) is 21.3 Å². The summed E-state index contributed by atoms with van der Waals surface area (Å²) in [7, 11) is -4.27. The number of nitro benzene ring substituents is 1. The van der Waals surface area contributed by atoms with Crippen LogP contribution in [0.3, 0.4) is 0 Å². The molecule has 1 aliphatic rings. The zero-order chi connectivity index (χ0) is 25.2. The van der Waals surface area contributed by atoms with E-state index in [1.807, 2.05) is 19.1 Å². The molecule has 184 valence electrons. The minimum Gasteiger partial charge on any atom is -0.350 e. The highest BCUT2D eigenvalue weighted by Crippen LogP contribution is 2.27. The van der Waals surface area contributed by atoms with E-state index < -0.39 is 15.0 Å². The summed E-state index contributed by atoms with van der Waals surface area (Å²) in [4.78, 5) is 30.5. The molecule has 10 nitrogen and oxygen atoms in total. The van der Waals surface area contributed by atoms with E-state index in [0.29, 0.717) is 37.0 Å². The number of carbonyl (C=O) groups excluding carboxylic acids is 1. The molecule has 4 rings (SSSR count). The van der Waals surface area contributed by atoms with E-state index in [9.17, 15) is 27.9 Å². The second-order valence-electron chi connectivity index (χ2n) is 8.71. The number of amides is 1. The minimum atomic E-state index is -4.27. The molecule has 2 aromatic carbocycles. The molecule has 1 N–H and O–H groups in total. The predicted octanol–water partition coefficient (Wildman–Crippen LogP) is 3.37. The zero-order valence-corrected chi connectivity index (χ0v) is 20.0. The van der Waals surface area contributed by atoms with Gasteiger partial charge < -0.3 is 9.80 Å². The van der Waals surface area contributed by atoms with Crippen molar-refractivity contribution in [2.45, 2.75) is 37.1 Å². The first-order valence-electron chi connectivity index (χ1n) is 11.2. The number of nitrogens with zero attached hydrogens (tertiary/aromatic N) is 4. The number of anilines is 1. The van der Waals surface area contributed by atoms with E-state index in [4.69, 9.17) is 4.98 Å². The van der Waals surface area contributed by atoms with Crippen molar-refractivity contribution < 1.29 is 22.7 Å². The Morgan fingerprint density at radius 1 is 1.17 bits per heavy atom. The predicted molar refractivity (Wildman–Crippen MR) is 131 cm³/mol. The number of carbonyl (C=O) groups is 1. The first-order chi connectivity index (χ1) is 16.7. The van der Waals surface area contributed by atoms with Gasteiger partial charge in [-0.05, 0) is 67.6 Å². The van der Waals surface area contributed by atoms with Crippen LogP contribution in [0.2, 0.25) is 0 Å². The molecule has 1 aliphatic heterocycles. The van der Waals surface area contributed by atoms with Crippen LogP contribution in [-0.4, -0.2) is 59.9 Å². The second-order valence-corrected chi connectivity index (χ2v) is 10.1. The van der Waals surface area contributed by atoms with Gasteiger partial charge in [0.1, 0.15) is 5.82 Å². The summed E-state index contributed by atoms with van der Waals surface area (Å²) in [5.74, 6) is 0.742. The van der Waals surface area contributed by atoms with Gasteiger partial charge in [0.05, 0.1) is 15.3 Å². The van der Waals surface area contributed by atoms with Gasteiger partial charge >= 0.3 is 0 Å². The number of nitro groups is 1. The molecule has 2 heterocycles. The van der Waals surface area contributed by atoms with Crippen molar-refractivity contribution in [3.63, 3.8) is 0 Å². The van der Waals surface area contributed by atoms with Crippen LogP contribution in [0.25, 0.3) is 10.9 Å². The Balaban J connectivity index is 1.53. The Hall–Kier alpha value is -3.57. The van der Waals surface area contributed by atoms with E-state index in [0.717, 1.165) is 36.2 Å². The van der Waals surface area contributed by atoms with Crippen molar-refractivity contribution in [2.75, 3.05) is 24.5 Å². The Morgan fingerprint density at radius 3 is 2.69 bits per heavy atom. The molecule has 1 saturated heterocycles. The maximum atomic E-state index is 11.5. The summed E-state index contributed by atoms with van der Waals surface area (Å²) in [6.45, 7) is 3.60. The molecule has 0 spiro atoms. The average Bonchev–Trinajstić information content (AvgIpc) is 2.83. The third-order valence-corrected chi connectivity index (χ3v) is 7.28. The van der Waals surface area contributed by atoms with Crippen molar-refractivity contribution in [1.82, 2.24) is 9.88 Å². The lowest BCUT2D eigenvalue weighted by Gasteiger charge is -2.41. The largest absolute Gasteiger partial charge is 0.350 e. The summed E-state index contributed by atoms with van der Waals surface area (Å²) in [5.41, 5.74) is 2.46. The fourth-order valence-corrected chi connectivity index (χ4v) is 5.04. The van der Waals surface area contributed by atoms with Crippen molar-refractivity contribution in [2.24, 2.45) is 0 Å². The highest BCUT2D eigenvalue weighted by atomic mass is 32.2. The molecule has 1 atom stereocenters. The minimum absolute atomic E-state index is 0.00186. The van der Waals surface area contributed by atoms with Crippen LogP contribution in [0.1, 0.15) is 24.0 Å². The third-order valence-electron chi connectivity index (χ3n) is 6.43. The van der Waals surface area contributed by atoms with Crippen molar-refractivity contribution in [3.8, 4) is 0 Å². The molecule has 0 saturated carbocycles. The summed E-state index contributed by atoms with van der Waals surface area (Å²) in [6.07, 6.45) is 2.94. The number of non-ortho nitro benzene ring substituents is 1. The van der Waals surface area contributed by atoms with Crippen LogP contribution in [0.15, 0.2) is 53.4 Å². The van der Waals surface area contributed by atoms with Gasteiger partial charge in [-0.3, -0.25) is 19.5 Å². The highest BCUT2D eigenvalue weighted by Gasteiger charge is 2.27. The Labute approximate surface area is 203 Å². The Bertz CT molecular complexity index is 1380. The third kappa shape index (κ3) is 5.57. The molecule has 0 aliphatic carbocycles. The van der Waals surface area contributed by atoms with E-state index in [1.165, 1.54) is 24.3 Å². The monoisotopic (exact) mass is 498 g/mol. The molecule has 0 bridgehead atoms. The molecular weight excluding hydrogens is 472 g/mol. The molecule has 1 fully saturated rings. The summed E-state index contributed by atoms with van der Waals surface area (Å²) >= 11 is 0. The first-order valence-corrected chi connectivity index (χ1v) is 12.7. The number of pyridine rings is 1. The number of benzene rings is 2. The molecule has 1 unspecified atom stereocenters. The first kappa shape index (κ1) is 24.6. The molecule has 1 aromatic heterocycles. The normalized spacial score (nSPS) is 16.5. The van der Waals surface area contributed by atoms with E-state index in [1.54, 1.807) is 17.0 Å². The Morgan fingerprint density at radius 2 is 1.97 bits per heavy atom. The van der Waals surface area contributed by atoms with Gasteiger partial charge in [-0.25, -0.2) is 4.98 Å². The zero-order valence-electron chi connectivity index (χ0n) is 19.2. The van der Waals surface area contributed by atoms with Crippen molar-refractivity contribution in [1.29, 1.82) is 0 Å². The van der Waals surface area contributed by atoms with Crippen LogP contribution < -0.4 is 4.90 Å². The van der Waals surface area contributed by atoms with Crippen LogP contribution in [0.4, 0.5) is 11.5 Å². The lowest BCUT2D eigenvalue weighted by molar-refractivity contribution is -0.384. The smallest absolute Gasteiger partial charge is 0.294 e. The van der Waals surface area contributed by atoms with Crippen LogP contribution in [0.5, 0.6) is 0 Å². The number of aryl methyl sites for hydroxylation is 2. The van der Waals surface area contributed by atoms with Gasteiger partial charge in [0.2, 0.25) is 6.41 Å². The van der Waals surface area contributed by atoms with Crippen molar-refractivity contribution in [3.05, 3.63) is 69.8 Å². The fourth-order valence-electron chi connectivity index (χ4n) is 4.51. The molecular formula is C24H26N4O6S. The topological polar surface area (TPSA) is 134 Å². The van der Waals surface area contributed by atoms with Crippen LogP contribution >= 0.6 is 0 Å². The summed E-state index contributed by atoms with van der Waals surface area (Å²) in [6, 6.07) is 12.8. The second kappa shape index (κ2) is 9.96. The van der Waals surface area contributed by atoms with Gasteiger partial charge in [-0.2, -0.15) is 8.42 Å². The lowest BCUT2D eigenvalue weighted by Crippen LogP contribution is -2.53. The number of hydrogen-bond donors (Lipinski definition) is 1. The standard InChI is InChI=1S/C24H26N4O6S/c1-17-5-8-22(35(32,33)34)14-18(17)3-2-4-21-15-26(16-29)11-12-27(21)24-10-6-19-13-20(28(30)31)7-9-23(19)25-24/h5-10,13-14,16,21H,2-4,11-12,15H2,1H3,(H,32,33,34). The molecule has 0 radical (unpaired) electrons. The molecule has 3 aromatic rings. The quantitative estimate of drug-likeness (QED) is 0.216. The van der Waals surface area contributed by atoms with E-state index in [2.05, 4.69) is 4.90 Å². The van der Waals surface area contributed by atoms with Gasteiger partial charge in [0.25, 0.3) is 15.8 Å². The molecule has 1 amide bonds.